The standard InChI is InChI=1S/C9H9O3/c1-7(11)12-9-4-2-3-8(5-9)6-10/h2-5H,6H2,1H3. The highest BCUT2D eigenvalue weighted by molar-refractivity contribution is 5.69. The van der Waals surface area contributed by atoms with Gasteiger partial charge in [0.15, 0.2) is 0 Å². The van der Waals surface area contributed by atoms with Gasteiger partial charge in [0, 0.05) is 6.92 Å². The Morgan fingerprint density at radius 2 is 2.25 bits per heavy atom. The molecule has 63 valence electrons. The van der Waals surface area contributed by atoms with Gasteiger partial charge < -0.3 is 4.74 Å². The molecule has 0 amide bonds. The molecule has 1 rings (SSSR count). The maximum atomic E-state index is 10.5. The maximum Gasteiger partial charge on any atom is 0.308 e. The summed E-state index contributed by atoms with van der Waals surface area (Å²) in [5.74, 6) is 0.0499. The van der Waals surface area contributed by atoms with Crippen molar-refractivity contribution in [2.75, 3.05) is 0 Å². The van der Waals surface area contributed by atoms with Crippen molar-refractivity contribution < 1.29 is 14.6 Å². The van der Waals surface area contributed by atoms with E-state index in [1.165, 1.54) is 6.92 Å². The van der Waals surface area contributed by atoms with Crippen molar-refractivity contribution in [3.05, 3.63) is 29.8 Å². The lowest BCUT2D eigenvalue weighted by atomic mass is 10.2. The third-order valence-corrected chi connectivity index (χ3v) is 1.33. The van der Waals surface area contributed by atoms with Gasteiger partial charge in [0.05, 0.1) is 0 Å². The summed E-state index contributed by atoms with van der Waals surface area (Å²) in [6.45, 7) is 1.03. The first-order chi connectivity index (χ1) is 5.72. The fourth-order valence-corrected chi connectivity index (χ4v) is 0.865. The molecule has 0 bridgehead atoms. The van der Waals surface area contributed by atoms with Crippen LogP contribution in [0.15, 0.2) is 24.3 Å². The van der Waals surface area contributed by atoms with Crippen molar-refractivity contribution in [1.29, 1.82) is 0 Å². The zero-order chi connectivity index (χ0) is 8.97. The quantitative estimate of drug-likeness (QED) is 0.493. The molecule has 0 spiro atoms. The van der Waals surface area contributed by atoms with Crippen molar-refractivity contribution >= 4 is 5.97 Å². The Morgan fingerprint density at radius 3 is 2.83 bits per heavy atom. The molecule has 0 aromatic heterocycles. The first kappa shape index (κ1) is 8.74. The largest absolute Gasteiger partial charge is 0.427 e. The summed E-state index contributed by atoms with van der Waals surface area (Å²) in [6, 6.07) is 6.58. The van der Waals surface area contributed by atoms with Crippen LogP contribution in [0.25, 0.3) is 0 Å². The summed E-state index contributed by atoms with van der Waals surface area (Å²) in [6.07, 6.45) is 0. The van der Waals surface area contributed by atoms with E-state index in [0.29, 0.717) is 11.3 Å². The fraction of sp³-hybridized carbons (Fsp3) is 0.222. The van der Waals surface area contributed by atoms with Crippen LogP contribution in [0, 0.1) is 0 Å². The van der Waals surface area contributed by atoms with Crippen LogP contribution in [0.5, 0.6) is 5.75 Å². The number of hydrogen-bond donors (Lipinski definition) is 0. The molecule has 3 nitrogen and oxygen atoms in total. The molecule has 0 saturated carbocycles. The molecule has 1 aromatic rings. The Morgan fingerprint density at radius 1 is 1.50 bits per heavy atom. The molecule has 0 fully saturated rings. The van der Waals surface area contributed by atoms with E-state index in [1.54, 1.807) is 24.3 Å². The van der Waals surface area contributed by atoms with E-state index in [1.807, 2.05) is 0 Å². The minimum atomic E-state index is -0.377. The predicted octanol–water partition coefficient (Wildman–Crippen LogP) is 1.54. The Labute approximate surface area is 70.6 Å². The summed E-state index contributed by atoms with van der Waals surface area (Å²) in [4.78, 5) is 10.5. The van der Waals surface area contributed by atoms with Gasteiger partial charge in [-0.25, -0.2) is 5.11 Å². The van der Waals surface area contributed by atoms with Crippen molar-refractivity contribution in [1.82, 2.24) is 0 Å². The third-order valence-electron chi connectivity index (χ3n) is 1.33. The predicted molar refractivity (Wildman–Crippen MR) is 42.1 cm³/mol. The van der Waals surface area contributed by atoms with E-state index in [0.717, 1.165) is 0 Å². The van der Waals surface area contributed by atoms with Gasteiger partial charge in [-0.15, -0.1) is 0 Å². The Hall–Kier alpha value is -1.35. The Kier molecular flexibility index (Phi) is 2.82. The third kappa shape index (κ3) is 2.36. The van der Waals surface area contributed by atoms with Gasteiger partial charge >= 0.3 is 5.97 Å². The van der Waals surface area contributed by atoms with Gasteiger partial charge in [0.25, 0.3) is 0 Å². The maximum absolute atomic E-state index is 10.5. The number of esters is 1. The normalized spacial score (nSPS) is 9.50. The van der Waals surface area contributed by atoms with E-state index in [4.69, 9.17) is 4.74 Å². The lowest BCUT2D eigenvalue weighted by molar-refractivity contribution is -0.131. The molecular weight excluding hydrogens is 156 g/mol. The van der Waals surface area contributed by atoms with Gasteiger partial charge in [0.1, 0.15) is 12.4 Å². The molecule has 3 heteroatoms. The molecule has 1 radical (unpaired) electrons. The average molecular weight is 165 g/mol. The van der Waals surface area contributed by atoms with Gasteiger partial charge in [-0.05, 0) is 17.7 Å². The van der Waals surface area contributed by atoms with Crippen LogP contribution in [-0.4, -0.2) is 5.97 Å². The van der Waals surface area contributed by atoms with Gasteiger partial charge in [0.2, 0.25) is 0 Å². The number of carbonyl (C=O) groups is 1. The van der Waals surface area contributed by atoms with Crippen LogP contribution in [0.3, 0.4) is 0 Å². The molecule has 12 heavy (non-hydrogen) atoms. The number of ether oxygens (including phenoxy) is 1. The molecule has 0 unspecified atom stereocenters. The topological polar surface area (TPSA) is 46.2 Å². The second-order valence-corrected chi connectivity index (χ2v) is 2.39. The van der Waals surface area contributed by atoms with E-state index < -0.39 is 0 Å². The first-order valence-electron chi connectivity index (χ1n) is 3.58. The lowest BCUT2D eigenvalue weighted by Crippen LogP contribution is -2.01. The van der Waals surface area contributed by atoms with E-state index in [9.17, 15) is 9.90 Å². The molecule has 0 heterocycles. The van der Waals surface area contributed by atoms with Gasteiger partial charge in [-0.3, -0.25) is 4.79 Å². The summed E-state index contributed by atoms with van der Waals surface area (Å²) in [5.41, 5.74) is 0.619. The average Bonchev–Trinajstić information content (AvgIpc) is 2.03. The van der Waals surface area contributed by atoms with E-state index in [-0.39, 0.29) is 12.6 Å². The van der Waals surface area contributed by atoms with Crippen LogP contribution < -0.4 is 4.74 Å². The zero-order valence-electron chi connectivity index (χ0n) is 6.74. The van der Waals surface area contributed by atoms with Crippen molar-refractivity contribution in [2.45, 2.75) is 13.5 Å². The minimum Gasteiger partial charge on any atom is -0.427 e. The van der Waals surface area contributed by atoms with E-state index >= 15 is 0 Å². The SMILES string of the molecule is CC(=O)Oc1cccc(C[O])c1. The summed E-state index contributed by atoms with van der Waals surface area (Å²) in [7, 11) is 0. The van der Waals surface area contributed by atoms with Crippen LogP contribution in [0.4, 0.5) is 0 Å². The van der Waals surface area contributed by atoms with Crippen molar-refractivity contribution in [3.8, 4) is 5.75 Å². The van der Waals surface area contributed by atoms with Crippen LogP contribution in [-0.2, 0) is 16.5 Å². The van der Waals surface area contributed by atoms with Gasteiger partial charge in [-0.2, -0.15) is 0 Å². The Bertz CT molecular complexity index is 281. The van der Waals surface area contributed by atoms with Crippen LogP contribution in [0.2, 0.25) is 0 Å². The fourth-order valence-electron chi connectivity index (χ4n) is 0.865. The molecule has 0 aliphatic carbocycles. The highest BCUT2D eigenvalue weighted by Gasteiger charge is 1.98. The van der Waals surface area contributed by atoms with Crippen LogP contribution >= 0.6 is 0 Å². The monoisotopic (exact) mass is 165 g/mol. The smallest absolute Gasteiger partial charge is 0.308 e. The second kappa shape index (κ2) is 3.88. The highest BCUT2D eigenvalue weighted by atomic mass is 16.5. The summed E-state index contributed by atoms with van der Waals surface area (Å²) in [5, 5.41) is 10.4. The molecular formula is C9H9O3. The van der Waals surface area contributed by atoms with E-state index in [2.05, 4.69) is 0 Å². The molecule has 0 atom stereocenters. The highest BCUT2D eigenvalue weighted by Crippen LogP contribution is 2.13. The number of carbonyl (C=O) groups excluding carboxylic acids is 1. The molecule has 0 aliphatic rings. The molecule has 0 aliphatic heterocycles. The molecule has 1 aromatic carbocycles. The summed E-state index contributed by atoms with van der Waals surface area (Å²) < 4.78 is 4.78. The first-order valence-corrected chi connectivity index (χ1v) is 3.58. The molecule has 0 saturated heterocycles. The lowest BCUT2D eigenvalue weighted by Gasteiger charge is -2.01. The number of hydrogen-bond acceptors (Lipinski definition) is 2. The number of benzene rings is 1. The van der Waals surface area contributed by atoms with Gasteiger partial charge in [-0.1, -0.05) is 12.1 Å². The van der Waals surface area contributed by atoms with Crippen molar-refractivity contribution in [2.24, 2.45) is 0 Å². The van der Waals surface area contributed by atoms with Crippen LogP contribution in [0.1, 0.15) is 12.5 Å². The minimum absolute atomic E-state index is 0.297. The zero-order valence-corrected chi connectivity index (χ0v) is 6.74. The summed E-state index contributed by atoms with van der Waals surface area (Å²) >= 11 is 0. The number of rotatable bonds is 2. The molecule has 0 N–H and O–H groups in total. The Balaban J connectivity index is 2.79. The second-order valence-electron chi connectivity index (χ2n) is 2.39. The van der Waals surface area contributed by atoms with Crippen molar-refractivity contribution in [3.63, 3.8) is 0 Å².